The molecule has 4 rings (SSSR count). The predicted octanol–water partition coefficient (Wildman–Crippen LogP) is 4.51. The fourth-order valence-electron chi connectivity index (χ4n) is 4.20. The number of anilines is 1. The van der Waals surface area contributed by atoms with Gasteiger partial charge in [0, 0.05) is 35.8 Å². The topological polar surface area (TPSA) is 95.2 Å². The van der Waals surface area contributed by atoms with E-state index in [-0.39, 0.29) is 17.9 Å². The number of nitrogens with zero attached hydrogens (tertiary/aromatic N) is 1. The number of hydrogen-bond donors (Lipinski definition) is 4. The van der Waals surface area contributed by atoms with Gasteiger partial charge >= 0.3 is 0 Å². The molecule has 1 aliphatic rings. The van der Waals surface area contributed by atoms with Crippen LogP contribution in [-0.4, -0.2) is 50.0 Å². The van der Waals surface area contributed by atoms with Crippen molar-refractivity contribution in [2.75, 3.05) is 32.5 Å². The Kier molecular flexibility index (Phi) is 10.6. The van der Waals surface area contributed by atoms with Crippen molar-refractivity contribution in [3.8, 4) is 11.3 Å². The molecule has 0 radical (unpaired) electrons. The van der Waals surface area contributed by atoms with E-state index >= 15 is 0 Å². The van der Waals surface area contributed by atoms with Gasteiger partial charge in [-0.1, -0.05) is 56.2 Å². The Bertz CT molecular complexity index is 1170. The van der Waals surface area contributed by atoms with Crippen molar-refractivity contribution in [2.45, 2.75) is 38.1 Å². The van der Waals surface area contributed by atoms with Crippen LogP contribution < -0.4 is 21.3 Å². The number of hydrogen-bond acceptors (Lipinski definition) is 5. The number of nitrogens with one attached hydrogen (secondary N) is 4. The third-order valence-electron chi connectivity index (χ3n) is 6.17. The van der Waals surface area contributed by atoms with E-state index in [1.165, 1.54) is 25.3 Å². The summed E-state index contributed by atoms with van der Waals surface area (Å²) in [7, 11) is 3.88. The van der Waals surface area contributed by atoms with Crippen molar-refractivity contribution in [3.63, 3.8) is 0 Å². The fourth-order valence-corrected chi connectivity index (χ4v) is 4.20. The third-order valence-corrected chi connectivity index (χ3v) is 6.17. The molecule has 190 valence electrons. The summed E-state index contributed by atoms with van der Waals surface area (Å²) in [5, 5.41) is 13.9. The van der Waals surface area contributed by atoms with Crippen LogP contribution in [-0.2, 0) is 4.79 Å². The first kappa shape index (κ1) is 27.0. The molecule has 7 nitrogen and oxygen atoms in total. The molecule has 1 aliphatic carbocycles. The zero-order valence-electron chi connectivity index (χ0n) is 21.3. The number of likely N-dealkylation sites (N-methyl/N-ethyl adjacent to an activating group) is 2. The van der Waals surface area contributed by atoms with Gasteiger partial charge in [0.2, 0.25) is 5.91 Å². The Labute approximate surface area is 213 Å². The van der Waals surface area contributed by atoms with Crippen LogP contribution in [0.4, 0.5) is 5.69 Å². The van der Waals surface area contributed by atoms with E-state index in [1.54, 1.807) is 6.07 Å². The van der Waals surface area contributed by atoms with Crippen molar-refractivity contribution in [1.29, 1.82) is 0 Å². The highest BCUT2D eigenvalue weighted by Crippen LogP contribution is 2.29. The van der Waals surface area contributed by atoms with Crippen LogP contribution in [0.3, 0.4) is 0 Å². The number of aromatic nitrogens is 1. The molecular weight excluding hydrogens is 450 g/mol. The van der Waals surface area contributed by atoms with Gasteiger partial charge in [-0.2, -0.15) is 0 Å². The maximum absolute atomic E-state index is 12.7. The quantitative estimate of drug-likeness (QED) is 0.277. The number of fused-ring (bicyclic) bond motifs is 1. The molecule has 0 spiro atoms. The molecule has 0 saturated heterocycles. The van der Waals surface area contributed by atoms with E-state index in [1.807, 2.05) is 62.6 Å². The van der Waals surface area contributed by atoms with Crippen molar-refractivity contribution in [3.05, 3.63) is 72.9 Å². The van der Waals surface area contributed by atoms with Crippen molar-refractivity contribution >= 4 is 28.3 Å². The molecule has 1 saturated carbocycles. The summed E-state index contributed by atoms with van der Waals surface area (Å²) in [6.45, 7) is 5.61. The summed E-state index contributed by atoms with van der Waals surface area (Å²) in [5.41, 5.74) is 2.74. The summed E-state index contributed by atoms with van der Waals surface area (Å²) < 4.78 is 0. The first-order valence-corrected chi connectivity index (χ1v) is 12.6. The van der Waals surface area contributed by atoms with E-state index in [2.05, 4.69) is 32.8 Å². The molecule has 1 fully saturated rings. The molecule has 0 unspecified atom stereocenters. The van der Waals surface area contributed by atoms with E-state index in [4.69, 9.17) is 0 Å². The lowest BCUT2D eigenvalue weighted by Gasteiger charge is -2.22. The van der Waals surface area contributed by atoms with Crippen LogP contribution in [0.5, 0.6) is 0 Å². The van der Waals surface area contributed by atoms with E-state index in [9.17, 15) is 9.59 Å². The van der Waals surface area contributed by atoms with Gasteiger partial charge in [0.25, 0.3) is 5.91 Å². The SMILES string of the molecule is C=CC(=O)Nc1cccc2ccc(-c3cccc(C(=O)NC4CCCCC4)n3)cc12.CNCCNC. The normalized spacial score (nSPS) is 13.4. The molecule has 36 heavy (non-hydrogen) atoms. The minimum atomic E-state index is -0.257. The number of rotatable bonds is 8. The van der Waals surface area contributed by atoms with Gasteiger partial charge in [-0.25, -0.2) is 4.98 Å². The Morgan fingerprint density at radius 1 is 0.972 bits per heavy atom. The van der Waals surface area contributed by atoms with Crippen LogP contribution >= 0.6 is 0 Å². The summed E-state index contributed by atoms with van der Waals surface area (Å²) in [5.74, 6) is -0.379. The minimum Gasteiger partial charge on any atom is -0.348 e. The second-order valence-corrected chi connectivity index (χ2v) is 8.86. The summed E-state index contributed by atoms with van der Waals surface area (Å²) in [6.07, 6.45) is 6.90. The first-order valence-electron chi connectivity index (χ1n) is 12.6. The number of carbonyl (C=O) groups excluding carboxylic acids is 2. The number of benzene rings is 2. The van der Waals surface area contributed by atoms with Gasteiger partial charge in [-0.3, -0.25) is 9.59 Å². The fraction of sp³-hybridized carbons (Fsp3) is 0.345. The van der Waals surface area contributed by atoms with Crippen LogP contribution in [0, 0.1) is 0 Å². The summed E-state index contributed by atoms with van der Waals surface area (Å²) >= 11 is 0. The lowest BCUT2D eigenvalue weighted by molar-refractivity contribution is -0.111. The number of carbonyl (C=O) groups is 2. The van der Waals surface area contributed by atoms with Gasteiger partial charge in [0.05, 0.1) is 5.69 Å². The van der Waals surface area contributed by atoms with Crippen molar-refractivity contribution in [2.24, 2.45) is 0 Å². The standard InChI is InChI=1S/C25H25N3O2.C4H12N2/c1-2-24(29)28-22-12-6-8-17-14-15-18(16-20(17)22)21-11-7-13-23(27-21)25(30)26-19-9-4-3-5-10-19;1-5-3-4-6-2/h2,6-8,11-16,19H,1,3-5,9-10H2,(H,26,30)(H,28,29);5-6H,3-4H2,1-2H3. The molecule has 2 aromatic carbocycles. The number of amides is 2. The molecular formula is C29H37N5O2. The van der Waals surface area contributed by atoms with E-state index in [0.717, 1.165) is 48.0 Å². The second-order valence-electron chi connectivity index (χ2n) is 8.86. The van der Waals surface area contributed by atoms with Crippen LogP contribution in [0.25, 0.3) is 22.0 Å². The third kappa shape index (κ3) is 7.73. The largest absolute Gasteiger partial charge is 0.348 e. The zero-order valence-corrected chi connectivity index (χ0v) is 21.3. The second kappa shape index (κ2) is 14.1. The van der Waals surface area contributed by atoms with Crippen molar-refractivity contribution < 1.29 is 9.59 Å². The lowest BCUT2D eigenvalue weighted by atomic mass is 9.95. The van der Waals surface area contributed by atoms with E-state index in [0.29, 0.717) is 11.4 Å². The Morgan fingerprint density at radius 2 is 1.69 bits per heavy atom. The van der Waals surface area contributed by atoms with Gasteiger partial charge < -0.3 is 21.3 Å². The average Bonchev–Trinajstić information content (AvgIpc) is 2.92. The lowest BCUT2D eigenvalue weighted by Crippen LogP contribution is -2.36. The van der Waals surface area contributed by atoms with Crippen molar-refractivity contribution in [1.82, 2.24) is 20.9 Å². The molecule has 0 atom stereocenters. The minimum absolute atomic E-state index is 0.122. The van der Waals surface area contributed by atoms with Gasteiger partial charge in [0.15, 0.2) is 0 Å². The molecule has 3 aromatic rings. The van der Waals surface area contributed by atoms with Gasteiger partial charge in [-0.15, -0.1) is 0 Å². The highest BCUT2D eigenvalue weighted by Gasteiger charge is 2.18. The molecule has 4 N–H and O–H groups in total. The maximum Gasteiger partial charge on any atom is 0.270 e. The molecule has 2 amide bonds. The Morgan fingerprint density at radius 3 is 2.39 bits per heavy atom. The highest BCUT2D eigenvalue weighted by molar-refractivity contribution is 6.06. The molecule has 1 aromatic heterocycles. The predicted molar refractivity (Wildman–Crippen MR) is 148 cm³/mol. The van der Waals surface area contributed by atoms with Crippen LogP contribution in [0.2, 0.25) is 0 Å². The van der Waals surface area contributed by atoms with Gasteiger partial charge in [-0.05, 0) is 62.7 Å². The molecule has 7 heteroatoms. The van der Waals surface area contributed by atoms with Crippen LogP contribution in [0.1, 0.15) is 42.6 Å². The first-order chi connectivity index (χ1) is 17.5. The zero-order chi connectivity index (χ0) is 25.8. The Hall–Kier alpha value is -3.55. The molecule has 0 aliphatic heterocycles. The van der Waals surface area contributed by atoms with E-state index < -0.39 is 0 Å². The molecule has 1 heterocycles. The summed E-state index contributed by atoms with van der Waals surface area (Å²) in [4.78, 5) is 29.1. The highest BCUT2D eigenvalue weighted by atomic mass is 16.2. The average molecular weight is 488 g/mol. The number of pyridine rings is 1. The summed E-state index contributed by atoms with van der Waals surface area (Å²) in [6, 6.07) is 17.4. The molecule has 0 bridgehead atoms. The smallest absolute Gasteiger partial charge is 0.270 e. The Balaban J connectivity index is 0.000000538. The maximum atomic E-state index is 12.7. The van der Waals surface area contributed by atoms with Gasteiger partial charge in [0.1, 0.15) is 5.69 Å². The monoisotopic (exact) mass is 487 g/mol. The van der Waals surface area contributed by atoms with Crippen LogP contribution in [0.15, 0.2) is 67.3 Å².